The molecule has 81 heavy (non-hydrogen) atoms. The van der Waals surface area contributed by atoms with Crippen molar-refractivity contribution in [2.45, 2.75) is 251 Å². The first-order chi connectivity index (χ1) is 39.4. The lowest BCUT2D eigenvalue weighted by Crippen LogP contribution is -2.47. The Morgan fingerprint density at radius 1 is 0.444 bits per heavy atom. The number of nitrogens with one attached hydrogen (secondary N) is 1. The SMILES string of the molecule is CC/C=C\C/C=C\C/C=C\C/C=C\C/C=C\C/C=C\CCCCCCCCCCC(=O)OC(/C=C\CCCCCCCCCCC)C(COP(=O)([O-])OCC[N+](C)(C)C)NC(=O)CCC/C=C\C/C=C\C/C=C\C/C=C\C/C=C\CC. The van der Waals surface area contributed by atoms with Crippen molar-refractivity contribution in [3.63, 3.8) is 0 Å². The summed E-state index contributed by atoms with van der Waals surface area (Å²) in [6, 6.07) is -0.932. The van der Waals surface area contributed by atoms with E-state index in [0.29, 0.717) is 23.9 Å². The van der Waals surface area contributed by atoms with Crippen LogP contribution in [0.4, 0.5) is 0 Å². The van der Waals surface area contributed by atoms with Crippen LogP contribution in [0.25, 0.3) is 0 Å². The van der Waals surface area contributed by atoms with Crippen LogP contribution in [0.15, 0.2) is 146 Å². The fraction of sp³-hybridized carbons (Fsp3) is 0.634. The number of hydrogen-bond acceptors (Lipinski definition) is 7. The summed E-state index contributed by atoms with van der Waals surface area (Å²) in [4.78, 5) is 40.0. The van der Waals surface area contributed by atoms with Gasteiger partial charge in [-0.2, -0.15) is 0 Å². The van der Waals surface area contributed by atoms with Gasteiger partial charge < -0.3 is 28.5 Å². The van der Waals surface area contributed by atoms with Crippen LogP contribution >= 0.6 is 7.82 Å². The highest BCUT2D eigenvalue weighted by atomic mass is 31.2. The number of carbonyl (C=O) groups excluding carboxylic acids is 2. The largest absolute Gasteiger partial charge is 0.756 e. The Balaban J connectivity index is 5.21. The highest BCUT2D eigenvalue weighted by Crippen LogP contribution is 2.38. The highest BCUT2D eigenvalue weighted by Gasteiger charge is 2.27. The van der Waals surface area contributed by atoms with E-state index < -0.39 is 26.6 Å². The van der Waals surface area contributed by atoms with E-state index in [0.717, 1.165) is 122 Å². The van der Waals surface area contributed by atoms with Gasteiger partial charge in [-0.1, -0.05) is 250 Å². The first kappa shape index (κ1) is 76.9. The van der Waals surface area contributed by atoms with E-state index in [-0.39, 0.29) is 31.3 Å². The molecule has 0 heterocycles. The summed E-state index contributed by atoms with van der Waals surface area (Å²) in [5.74, 6) is -0.631. The Hall–Kier alpha value is -4.11. The van der Waals surface area contributed by atoms with Gasteiger partial charge in [0.25, 0.3) is 7.82 Å². The molecule has 460 valence electrons. The molecule has 0 aromatic heterocycles. The number of allylic oxidation sites excluding steroid dienone is 23. The Bertz CT molecular complexity index is 1890. The van der Waals surface area contributed by atoms with Crippen LogP contribution in [0.5, 0.6) is 0 Å². The first-order valence-corrected chi connectivity index (χ1v) is 33.6. The molecule has 0 saturated heterocycles. The summed E-state index contributed by atoms with van der Waals surface area (Å²) in [7, 11) is 1.12. The van der Waals surface area contributed by atoms with Gasteiger partial charge in [0, 0.05) is 12.8 Å². The van der Waals surface area contributed by atoms with Gasteiger partial charge in [-0.05, 0) is 122 Å². The summed E-state index contributed by atoms with van der Waals surface area (Å²) in [5.41, 5.74) is 0. The number of unbranched alkanes of at least 4 members (excludes halogenated alkanes) is 18. The number of carbonyl (C=O) groups is 2. The average Bonchev–Trinajstić information content (AvgIpc) is 3.44. The van der Waals surface area contributed by atoms with Gasteiger partial charge in [-0.3, -0.25) is 14.2 Å². The molecule has 3 unspecified atom stereocenters. The standard InChI is InChI=1S/C71H119N2O7P/c1-7-10-13-16-19-22-25-27-29-31-32-33-34-35-36-37-38-39-40-42-44-46-49-52-55-58-61-64-71(75)80-69(62-59-56-53-50-47-24-21-18-15-12-9-3)68(67-79-81(76,77)78-66-65-73(4,5)6)72-70(74)63-60-57-54-51-48-45-43-41-30-28-26-23-20-17-14-11-8-2/h10-11,13-14,19-20,22-23,27-30,32-33,35-36,38-39,43,45,51,54,59,62,68-69H,7-9,12,15-18,21,24-26,31,34,37,40-42,44,46-50,52-53,55-58,60-61,63-67H2,1-6H3,(H-,72,74,76,77)/b13-10-,14-11-,22-19-,23-20-,29-27-,30-28-,33-32-,36-35-,39-38-,45-43-,54-51-,62-59-. The van der Waals surface area contributed by atoms with Gasteiger partial charge in [0.2, 0.25) is 5.91 Å². The number of ether oxygens (including phenoxy) is 1. The number of phosphoric ester groups is 1. The van der Waals surface area contributed by atoms with Crippen LogP contribution in [0, 0.1) is 0 Å². The van der Waals surface area contributed by atoms with E-state index in [1.54, 1.807) is 0 Å². The topological polar surface area (TPSA) is 114 Å². The van der Waals surface area contributed by atoms with Crippen LogP contribution < -0.4 is 10.2 Å². The molecule has 0 saturated carbocycles. The van der Waals surface area contributed by atoms with Gasteiger partial charge in [0.05, 0.1) is 33.8 Å². The van der Waals surface area contributed by atoms with Crippen LogP contribution in [0.2, 0.25) is 0 Å². The number of likely N-dealkylation sites (N-methyl/N-ethyl adjacent to an activating group) is 1. The molecule has 0 fully saturated rings. The Kier molecular flexibility index (Phi) is 56.1. The second-order valence-corrected chi connectivity index (χ2v) is 23.6. The summed E-state index contributed by atoms with van der Waals surface area (Å²) in [5, 5.41) is 2.99. The van der Waals surface area contributed by atoms with Gasteiger partial charge in [-0.25, -0.2) is 0 Å². The van der Waals surface area contributed by atoms with Gasteiger partial charge >= 0.3 is 5.97 Å². The monoisotopic (exact) mass is 1140 g/mol. The third-order valence-corrected chi connectivity index (χ3v) is 14.2. The van der Waals surface area contributed by atoms with Crippen molar-refractivity contribution in [1.82, 2.24) is 5.32 Å². The predicted octanol–water partition coefficient (Wildman–Crippen LogP) is 19.6. The van der Waals surface area contributed by atoms with E-state index in [1.807, 2.05) is 33.3 Å². The minimum Gasteiger partial charge on any atom is -0.756 e. The van der Waals surface area contributed by atoms with Crippen molar-refractivity contribution in [1.29, 1.82) is 0 Å². The molecule has 1 amide bonds. The fourth-order valence-corrected chi connectivity index (χ4v) is 9.11. The van der Waals surface area contributed by atoms with Crippen molar-refractivity contribution in [3.05, 3.63) is 146 Å². The third kappa shape index (κ3) is 60.3. The summed E-state index contributed by atoms with van der Waals surface area (Å²) < 4.78 is 30.3. The van der Waals surface area contributed by atoms with E-state index in [1.165, 1.54) is 70.6 Å². The molecule has 0 spiro atoms. The summed E-state index contributed by atoms with van der Waals surface area (Å²) in [6.45, 7) is 6.54. The highest BCUT2D eigenvalue weighted by molar-refractivity contribution is 7.45. The fourth-order valence-electron chi connectivity index (χ4n) is 8.38. The second kappa shape index (κ2) is 59.1. The number of quaternary nitrogens is 1. The zero-order chi connectivity index (χ0) is 59.3. The Morgan fingerprint density at radius 3 is 1.21 bits per heavy atom. The number of amides is 1. The van der Waals surface area contributed by atoms with Crippen molar-refractivity contribution in [3.8, 4) is 0 Å². The van der Waals surface area contributed by atoms with Crippen LogP contribution in [-0.2, 0) is 27.9 Å². The third-order valence-electron chi connectivity index (χ3n) is 13.3. The molecule has 9 nitrogen and oxygen atoms in total. The quantitative estimate of drug-likeness (QED) is 0.0212. The van der Waals surface area contributed by atoms with Crippen molar-refractivity contribution < 1.29 is 37.3 Å². The normalized spacial score (nSPS) is 14.6. The maximum Gasteiger partial charge on any atom is 0.306 e. The number of nitrogens with zero attached hydrogens (tertiary/aromatic N) is 1. The van der Waals surface area contributed by atoms with Gasteiger partial charge in [0.15, 0.2) is 0 Å². The number of hydrogen-bond donors (Lipinski definition) is 1. The summed E-state index contributed by atoms with van der Waals surface area (Å²) >= 11 is 0. The molecule has 0 aromatic rings. The Morgan fingerprint density at radius 2 is 0.802 bits per heavy atom. The van der Waals surface area contributed by atoms with E-state index in [2.05, 4.69) is 160 Å². The lowest BCUT2D eigenvalue weighted by Gasteiger charge is -2.30. The molecule has 0 rings (SSSR count). The molecular formula is C71H119N2O7P. The van der Waals surface area contributed by atoms with Gasteiger partial charge in [0.1, 0.15) is 19.3 Å². The molecule has 1 N–H and O–H groups in total. The van der Waals surface area contributed by atoms with E-state index in [4.69, 9.17) is 13.8 Å². The van der Waals surface area contributed by atoms with Gasteiger partial charge in [-0.15, -0.1) is 0 Å². The second-order valence-electron chi connectivity index (χ2n) is 22.1. The number of rotatable bonds is 56. The van der Waals surface area contributed by atoms with Crippen molar-refractivity contribution >= 4 is 19.7 Å². The molecule has 0 radical (unpaired) electrons. The average molecular weight is 1140 g/mol. The van der Waals surface area contributed by atoms with Crippen LogP contribution in [0.3, 0.4) is 0 Å². The number of esters is 1. The van der Waals surface area contributed by atoms with Crippen molar-refractivity contribution in [2.24, 2.45) is 0 Å². The first-order valence-electron chi connectivity index (χ1n) is 32.1. The maximum atomic E-state index is 13.5. The smallest absolute Gasteiger partial charge is 0.306 e. The molecule has 0 aromatic carbocycles. The molecule has 10 heteroatoms. The predicted molar refractivity (Wildman–Crippen MR) is 348 cm³/mol. The molecule has 0 aliphatic heterocycles. The lowest BCUT2D eigenvalue weighted by molar-refractivity contribution is -0.870. The zero-order valence-electron chi connectivity index (χ0n) is 52.4. The zero-order valence-corrected chi connectivity index (χ0v) is 53.3. The minimum atomic E-state index is -4.73. The molecule has 0 aliphatic carbocycles. The number of phosphoric acid groups is 1. The molecular weight excluding hydrogens is 1020 g/mol. The maximum absolute atomic E-state index is 13.5. The van der Waals surface area contributed by atoms with E-state index >= 15 is 0 Å². The molecule has 0 bridgehead atoms. The molecule has 0 aliphatic rings. The van der Waals surface area contributed by atoms with E-state index in [9.17, 15) is 19.0 Å². The minimum absolute atomic E-state index is 0.0424. The summed E-state index contributed by atoms with van der Waals surface area (Å²) in [6.07, 6.45) is 85.5. The Labute approximate surface area is 498 Å². The van der Waals surface area contributed by atoms with Crippen LogP contribution in [-0.4, -0.2) is 69.4 Å². The van der Waals surface area contributed by atoms with Crippen molar-refractivity contribution in [2.75, 3.05) is 40.9 Å². The molecule has 3 atom stereocenters. The van der Waals surface area contributed by atoms with Crippen LogP contribution in [0.1, 0.15) is 239 Å². The lowest BCUT2D eigenvalue weighted by atomic mass is 10.1.